The maximum Gasteiger partial charge on any atom is 0.262 e. The van der Waals surface area contributed by atoms with Crippen molar-refractivity contribution in [2.75, 3.05) is 43.5 Å². The number of aromatic nitrogens is 2. The lowest BCUT2D eigenvalue weighted by atomic mass is 10.1. The summed E-state index contributed by atoms with van der Waals surface area (Å²) >= 11 is 0. The standard InChI is InChI=1S/C16H20N4O3/c1-2-23-12-5-3-11(4-6-12)13-14(17)18-16(19-15(13)21)20-7-9-22-10-8-20/h3-6H,2,7-10H2,1H3,(H3,17,18,19,21). The molecule has 0 atom stereocenters. The summed E-state index contributed by atoms with van der Waals surface area (Å²) in [6.07, 6.45) is 0. The Morgan fingerprint density at radius 3 is 2.61 bits per heavy atom. The number of nitrogens with two attached hydrogens (primary N) is 1. The molecular weight excluding hydrogens is 296 g/mol. The van der Waals surface area contributed by atoms with Gasteiger partial charge in [0.25, 0.3) is 5.56 Å². The van der Waals surface area contributed by atoms with Gasteiger partial charge in [-0.3, -0.25) is 9.78 Å². The third-order valence-electron chi connectivity index (χ3n) is 3.70. The molecular formula is C16H20N4O3. The lowest BCUT2D eigenvalue weighted by molar-refractivity contribution is 0.122. The smallest absolute Gasteiger partial charge is 0.262 e. The van der Waals surface area contributed by atoms with Crippen molar-refractivity contribution in [1.82, 2.24) is 9.97 Å². The van der Waals surface area contributed by atoms with Crippen LogP contribution in [-0.2, 0) is 4.74 Å². The van der Waals surface area contributed by atoms with Crippen molar-refractivity contribution in [3.63, 3.8) is 0 Å². The first-order chi connectivity index (χ1) is 11.2. The first kappa shape index (κ1) is 15.4. The molecule has 0 saturated carbocycles. The number of rotatable bonds is 4. The largest absolute Gasteiger partial charge is 0.494 e. The summed E-state index contributed by atoms with van der Waals surface area (Å²) in [5.41, 5.74) is 6.89. The van der Waals surface area contributed by atoms with E-state index in [0.29, 0.717) is 50.0 Å². The zero-order chi connectivity index (χ0) is 16.2. The van der Waals surface area contributed by atoms with Crippen LogP contribution >= 0.6 is 0 Å². The van der Waals surface area contributed by atoms with Crippen LogP contribution in [0.3, 0.4) is 0 Å². The van der Waals surface area contributed by atoms with Gasteiger partial charge in [0.15, 0.2) is 0 Å². The Labute approximate surface area is 134 Å². The summed E-state index contributed by atoms with van der Waals surface area (Å²) in [5, 5.41) is 0. The lowest BCUT2D eigenvalue weighted by Crippen LogP contribution is -2.38. The Kier molecular flexibility index (Phi) is 4.47. The summed E-state index contributed by atoms with van der Waals surface area (Å²) in [5.74, 6) is 1.47. The number of ether oxygens (including phenoxy) is 2. The third kappa shape index (κ3) is 3.29. The summed E-state index contributed by atoms with van der Waals surface area (Å²) in [6, 6.07) is 7.24. The van der Waals surface area contributed by atoms with Crippen LogP contribution in [0.15, 0.2) is 29.1 Å². The molecule has 2 heterocycles. The van der Waals surface area contributed by atoms with Gasteiger partial charge >= 0.3 is 0 Å². The van der Waals surface area contributed by atoms with Gasteiger partial charge < -0.3 is 20.1 Å². The van der Waals surface area contributed by atoms with E-state index in [9.17, 15) is 4.79 Å². The summed E-state index contributed by atoms with van der Waals surface area (Å²) < 4.78 is 10.7. The van der Waals surface area contributed by atoms with E-state index in [1.54, 1.807) is 0 Å². The van der Waals surface area contributed by atoms with Gasteiger partial charge in [-0.15, -0.1) is 0 Å². The van der Waals surface area contributed by atoms with Crippen LogP contribution in [0.2, 0.25) is 0 Å². The van der Waals surface area contributed by atoms with Gasteiger partial charge in [0.2, 0.25) is 5.95 Å². The highest BCUT2D eigenvalue weighted by atomic mass is 16.5. The third-order valence-corrected chi connectivity index (χ3v) is 3.70. The Hall–Kier alpha value is -2.54. The highest BCUT2D eigenvalue weighted by Crippen LogP contribution is 2.24. The summed E-state index contributed by atoms with van der Waals surface area (Å²) in [4.78, 5) is 21.6. The maximum atomic E-state index is 12.4. The number of nitrogen functional groups attached to an aromatic ring is 1. The molecule has 122 valence electrons. The molecule has 0 unspecified atom stereocenters. The summed E-state index contributed by atoms with van der Waals surface area (Å²) in [7, 11) is 0. The van der Waals surface area contributed by atoms with E-state index < -0.39 is 0 Å². The SMILES string of the molecule is CCOc1ccc(-c2c(N)nc(N3CCOCC3)[nH]c2=O)cc1. The van der Waals surface area contributed by atoms with E-state index in [1.807, 2.05) is 36.1 Å². The number of benzene rings is 1. The number of hydrogen-bond donors (Lipinski definition) is 2. The molecule has 1 fully saturated rings. The van der Waals surface area contributed by atoms with Gasteiger partial charge in [-0.2, -0.15) is 4.98 Å². The van der Waals surface area contributed by atoms with Crippen LogP contribution in [0.4, 0.5) is 11.8 Å². The van der Waals surface area contributed by atoms with Gasteiger partial charge in [0.1, 0.15) is 11.6 Å². The number of anilines is 2. The number of hydrogen-bond acceptors (Lipinski definition) is 6. The van der Waals surface area contributed by atoms with Crippen LogP contribution in [0.1, 0.15) is 6.92 Å². The van der Waals surface area contributed by atoms with Crippen molar-refractivity contribution in [1.29, 1.82) is 0 Å². The molecule has 0 radical (unpaired) electrons. The second-order valence-corrected chi connectivity index (χ2v) is 5.21. The minimum atomic E-state index is -0.247. The minimum absolute atomic E-state index is 0.222. The Balaban J connectivity index is 1.92. The molecule has 7 nitrogen and oxygen atoms in total. The first-order valence-corrected chi connectivity index (χ1v) is 7.64. The van der Waals surface area contributed by atoms with Gasteiger partial charge in [0.05, 0.1) is 25.4 Å². The van der Waals surface area contributed by atoms with Crippen LogP contribution in [0.25, 0.3) is 11.1 Å². The molecule has 1 saturated heterocycles. The fraction of sp³-hybridized carbons (Fsp3) is 0.375. The number of nitrogens with zero attached hydrogens (tertiary/aromatic N) is 2. The van der Waals surface area contributed by atoms with Crippen molar-refractivity contribution in [2.45, 2.75) is 6.92 Å². The van der Waals surface area contributed by atoms with Gasteiger partial charge in [-0.1, -0.05) is 12.1 Å². The Morgan fingerprint density at radius 1 is 1.30 bits per heavy atom. The molecule has 0 bridgehead atoms. The first-order valence-electron chi connectivity index (χ1n) is 7.64. The quantitative estimate of drug-likeness (QED) is 0.882. The minimum Gasteiger partial charge on any atom is -0.494 e. The lowest BCUT2D eigenvalue weighted by Gasteiger charge is -2.27. The monoisotopic (exact) mass is 316 g/mol. The van der Waals surface area contributed by atoms with Gasteiger partial charge in [-0.25, -0.2) is 0 Å². The van der Waals surface area contributed by atoms with Crippen molar-refractivity contribution < 1.29 is 9.47 Å². The average molecular weight is 316 g/mol. The van der Waals surface area contributed by atoms with Crippen LogP contribution < -0.4 is 20.9 Å². The second kappa shape index (κ2) is 6.70. The molecule has 1 aromatic carbocycles. The predicted octanol–water partition coefficient (Wildman–Crippen LogP) is 1.25. The molecule has 7 heteroatoms. The maximum absolute atomic E-state index is 12.4. The van der Waals surface area contributed by atoms with E-state index >= 15 is 0 Å². The fourth-order valence-corrected chi connectivity index (χ4v) is 2.57. The molecule has 1 aliphatic rings. The molecule has 0 amide bonds. The normalized spacial score (nSPS) is 14.7. The molecule has 23 heavy (non-hydrogen) atoms. The topological polar surface area (TPSA) is 93.5 Å². The van der Waals surface area contributed by atoms with E-state index in [-0.39, 0.29) is 11.4 Å². The number of aromatic amines is 1. The van der Waals surface area contributed by atoms with Crippen LogP contribution in [0, 0.1) is 0 Å². The van der Waals surface area contributed by atoms with E-state index in [0.717, 1.165) is 5.75 Å². The van der Waals surface area contributed by atoms with Gasteiger partial charge in [-0.05, 0) is 24.6 Å². The second-order valence-electron chi connectivity index (χ2n) is 5.21. The predicted molar refractivity (Wildman–Crippen MR) is 88.9 cm³/mol. The molecule has 3 N–H and O–H groups in total. The molecule has 0 aliphatic carbocycles. The van der Waals surface area contributed by atoms with Crippen molar-refractivity contribution in [3.05, 3.63) is 34.6 Å². The van der Waals surface area contributed by atoms with Crippen LogP contribution in [-0.4, -0.2) is 42.9 Å². The van der Waals surface area contributed by atoms with Crippen molar-refractivity contribution >= 4 is 11.8 Å². The summed E-state index contributed by atoms with van der Waals surface area (Å²) in [6.45, 7) is 5.12. The molecule has 1 aliphatic heterocycles. The number of nitrogens with one attached hydrogen (secondary N) is 1. The van der Waals surface area contributed by atoms with Gasteiger partial charge in [0, 0.05) is 13.1 Å². The molecule has 0 spiro atoms. The van der Waals surface area contributed by atoms with Crippen molar-refractivity contribution in [2.24, 2.45) is 0 Å². The molecule has 1 aromatic heterocycles. The fourth-order valence-electron chi connectivity index (χ4n) is 2.57. The highest BCUT2D eigenvalue weighted by Gasteiger charge is 2.17. The Morgan fingerprint density at radius 2 is 2.00 bits per heavy atom. The molecule has 2 aromatic rings. The van der Waals surface area contributed by atoms with Crippen molar-refractivity contribution in [3.8, 4) is 16.9 Å². The zero-order valence-electron chi connectivity index (χ0n) is 13.0. The van der Waals surface area contributed by atoms with E-state index in [1.165, 1.54) is 0 Å². The zero-order valence-corrected chi connectivity index (χ0v) is 13.0. The Bertz CT molecular complexity index is 721. The average Bonchev–Trinajstić information content (AvgIpc) is 2.57. The van der Waals surface area contributed by atoms with E-state index in [4.69, 9.17) is 15.2 Å². The molecule has 3 rings (SSSR count). The number of morpholine rings is 1. The number of H-pyrrole nitrogens is 1. The van der Waals surface area contributed by atoms with Crippen LogP contribution in [0.5, 0.6) is 5.75 Å². The van der Waals surface area contributed by atoms with E-state index in [2.05, 4.69) is 9.97 Å². The highest BCUT2D eigenvalue weighted by molar-refractivity contribution is 5.74.